The number of benzene rings is 4. The summed E-state index contributed by atoms with van der Waals surface area (Å²) in [4.78, 5) is 47.6. The number of imidazole rings is 1. The molecule has 4 aromatic carbocycles. The summed E-state index contributed by atoms with van der Waals surface area (Å²) < 4.78 is 63.4. The Morgan fingerprint density at radius 3 is 2.47 bits per heavy atom. The van der Waals surface area contributed by atoms with Gasteiger partial charge >= 0.3 is 0 Å². The van der Waals surface area contributed by atoms with Crippen molar-refractivity contribution in [1.29, 1.82) is 0 Å². The topological polar surface area (TPSA) is 213 Å². The lowest BCUT2D eigenvalue weighted by Gasteiger charge is -2.58. The molecular weight excluding hydrogens is 992 g/mol. The van der Waals surface area contributed by atoms with Crippen molar-refractivity contribution in [2.24, 2.45) is 5.41 Å². The molecule has 0 unspecified atom stereocenters. The largest absolute Gasteiger partial charge is 0.497 e. The molecule has 4 fully saturated rings. The van der Waals surface area contributed by atoms with Crippen LogP contribution < -0.4 is 24.4 Å². The number of aromatic amines is 2. The van der Waals surface area contributed by atoms with Gasteiger partial charge < -0.3 is 34.4 Å². The molecule has 0 radical (unpaired) electrons. The van der Waals surface area contributed by atoms with Crippen LogP contribution in [-0.2, 0) is 21.3 Å². The summed E-state index contributed by atoms with van der Waals surface area (Å²) in [5, 5.41) is 16.1. The summed E-state index contributed by atoms with van der Waals surface area (Å²) in [7, 11) is -3.13. The summed E-state index contributed by atoms with van der Waals surface area (Å²) >= 11 is 0. The van der Waals surface area contributed by atoms with Crippen LogP contribution in [0.2, 0.25) is 0 Å². The Bertz CT molecular complexity index is 3380. The number of hydrogen-bond donors (Lipinski definition) is 4. The highest BCUT2D eigenvalue weighted by Crippen LogP contribution is 2.53. The van der Waals surface area contributed by atoms with Gasteiger partial charge in [0.1, 0.15) is 44.7 Å². The number of amides is 1. The number of nitro benzene ring substituents is 1. The van der Waals surface area contributed by atoms with E-state index >= 15 is 4.39 Å². The summed E-state index contributed by atoms with van der Waals surface area (Å²) in [5.41, 5.74) is 2.99. The average Bonchev–Trinajstić information content (AvgIpc) is 4.11. The zero-order valence-electron chi connectivity index (χ0n) is 42.9. The lowest BCUT2D eigenvalue weighted by molar-refractivity contribution is -0.384. The second-order valence-electron chi connectivity index (χ2n) is 21.2. The van der Waals surface area contributed by atoms with E-state index in [2.05, 4.69) is 94.9 Å². The smallest absolute Gasteiger partial charge is 0.296 e. The Morgan fingerprint density at radius 1 is 0.947 bits per heavy atom. The Balaban J connectivity index is 0.810. The van der Waals surface area contributed by atoms with Crippen LogP contribution in [0.1, 0.15) is 91.4 Å². The van der Waals surface area contributed by atoms with Crippen molar-refractivity contribution in [3.8, 4) is 17.2 Å². The molecule has 1 spiro atoms. The monoisotopic (exact) mass is 1050 g/mol. The number of nitrogens with zero attached hydrogens (tertiary/aromatic N) is 6. The van der Waals surface area contributed by atoms with Crippen molar-refractivity contribution in [3.63, 3.8) is 0 Å². The van der Waals surface area contributed by atoms with E-state index in [1.807, 2.05) is 18.2 Å². The molecule has 20 heteroatoms. The molecule has 1 aliphatic carbocycles. The van der Waals surface area contributed by atoms with Crippen LogP contribution in [-0.4, -0.2) is 120 Å². The molecule has 3 saturated heterocycles. The molecule has 4 aliphatic rings. The molecule has 76 heavy (non-hydrogen) atoms. The normalized spacial score (nSPS) is 19.2. The van der Waals surface area contributed by atoms with Gasteiger partial charge in [-0.15, -0.1) is 0 Å². The highest BCUT2D eigenvalue weighted by molar-refractivity contribution is 7.90. The van der Waals surface area contributed by atoms with E-state index in [1.54, 1.807) is 31.5 Å². The molecule has 1 amide bonds. The van der Waals surface area contributed by atoms with Crippen molar-refractivity contribution in [3.05, 3.63) is 136 Å². The number of piperazine rings is 1. The van der Waals surface area contributed by atoms with Crippen molar-refractivity contribution in [2.45, 2.75) is 87.5 Å². The third-order valence-electron chi connectivity index (χ3n) is 16.2. The van der Waals surface area contributed by atoms with Crippen LogP contribution in [0.5, 0.6) is 17.2 Å². The van der Waals surface area contributed by atoms with E-state index in [0.29, 0.717) is 23.4 Å². The Kier molecular flexibility index (Phi) is 13.9. The molecule has 18 nitrogen and oxygen atoms in total. The molecule has 6 heterocycles. The average molecular weight is 1060 g/mol. The molecule has 0 bridgehead atoms. The van der Waals surface area contributed by atoms with Crippen LogP contribution in [0.4, 0.5) is 21.5 Å². The Labute approximate surface area is 440 Å². The fraction of sp³-hybridized carbons (Fsp3) is 0.411. The lowest BCUT2D eigenvalue weighted by Crippen LogP contribution is -2.60. The maximum Gasteiger partial charge on any atom is 0.296 e. The maximum absolute atomic E-state index is 15.6. The van der Waals surface area contributed by atoms with E-state index in [0.717, 1.165) is 87.8 Å². The molecule has 3 aliphatic heterocycles. The fourth-order valence-electron chi connectivity index (χ4n) is 11.9. The van der Waals surface area contributed by atoms with Crippen LogP contribution >= 0.6 is 0 Å². The van der Waals surface area contributed by atoms with Gasteiger partial charge in [-0.1, -0.05) is 50.2 Å². The molecule has 3 aromatic heterocycles. The number of piperidine rings is 1. The van der Waals surface area contributed by atoms with Gasteiger partial charge in [0.25, 0.3) is 21.6 Å². The van der Waals surface area contributed by atoms with Gasteiger partial charge in [-0.2, -0.15) is 0 Å². The number of hydrogen-bond acceptors (Lipinski definition) is 14. The predicted octanol–water partition coefficient (Wildman–Crippen LogP) is 9.63. The molecule has 11 rings (SSSR count). The van der Waals surface area contributed by atoms with Gasteiger partial charge in [0.15, 0.2) is 0 Å². The molecule has 398 valence electrons. The minimum Gasteiger partial charge on any atom is -0.497 e. The summed E-state index contributed by atoms with van der Waals surface area (Å²) in [6, 6.07) is 27.6. The van der Waals surface area contributed by atoms with Crippen molar-refractivity contribution in [1.82, 2.24) is 34.5 Å². The molecule has 1 saturated carbocycles. The Hall–Kier alpha value is -7.13. The Morgan fingerprint density at radius 2 is 1.72 bits per heavy atom. The van der Waals surface area contributed by atoms with Crippen LogP contribution in [0.25, 0.3) is 22.1 Å². The zero-order valence-corrected chi connectivity index (χ0v) is 43.7. The standard InChI is InChI=1S/C56H63FN10O8S/c1-36(2)43-6-4-5-7-44(43)47-33-64(32-37-8-11-41(73-3)12-9-37)22-23-66(47)40-29-55(30-40)15-20-65(21-16-55)39-10-13-45(48(27-39)75-42-26-38-14-19-58-53(38)59-31-42)54(68)63-76(71,72)49-28-46(67(69)70)50(52-51(49)61-35-62-52)60-34-56(57)17-24-74-25-18-56/h4-14,19,26-28,31,35-36,40,47,60H,15-18,20-25,29-30,32-34H2,1-3H3,(H,58,59)(H,61,62)(H,63,68)/t47-/m0/s1. The third kappa shape index (κ3) is 10.3. The number of aromatic nitrogens is 4. The van der Waals surface area contributed by atoms with E-state index in [-0.39, 0.29) is 72.1 Å². The first kappa shape index (κ1) is 51.0. The lowest BCUT2D eigenvalue weighted by atomic mass is 9.59. The number of H-pyrrole nitrogens is 2. The number of pyridine rings is 1. The summed E-state index contributed by atoms with van der Waals surface area (Å²) in [6.45, 7) is 10.1. The van der Waals surface area contributed by atoms with Crippen molar-refractivity contribution < 1.29 is 36.7 Å². The number of ether oxygens (including phenoxy) is 3. The van der Waals surface area contributed by atoms with E-state index in [9.17, 15) is 23.3 Å². The number of anilines is 2. The highest BCUT2D eigenvalue weighted by atomic mass is 32.2. The van der Waals surface area contributed by atoms with Gasteiger partial charge in [0.05, 0.1) is 35.6 Å². The third-order valence-corrected chi connectivity index (χ3v) is 17.5. The predicted molar refractivity (Wildman–Crippen MR) is 288 cm³/mol. The minimum absolute atomic E-state index is 0.0319. The van der Waals surface area contributed by atoms with Crippen LogP contribution in [0, 0.1) is 15.5 Å². The van der Waals surface area contributed by atoms with Crippen molar-refractivity contribution >= 4 is 55.1 Å². The molecule has 1 atom stereocenters. The summed E-state index contributed by atoms with van der Waals surface area (Å²) in [6.07, 6.45) is 8.85. The van der Waals surface area contributed by atoms with Crippen LogP contribution in [0.15, 0.2) is 109 Å². The molecule has 7 aromatic rings. The minimum atomic E-state index is -4.83. The van der Waals surface area contributed by atoms with E-state index in [4.69, 9.17) is 14.2 Å². The second-order valence-corrected chi connectivity index (χ2v) is 22.9. The number of nitro groups is 1. The van der Waals surface area contributed by atoms with E-state index < -0.39 is 37.1 Å². The zero-order chi connectivity index (χ0) is 52.8. The first-order valence-corrected chi connectivity index (χ1v) is 27.6. The number of carbonyl (C=O) groups excluding carboxylic acids is 1. The van der Waals surface area contributed by atoms with E-state index in [1.165, 1.54) is 35.3 Å². The summed E-state index contributed by atoms with van der Waals surface area (Å²) in [5.74, 6) is 0.649. The number of methoxy groups -OCH3 is 1. The fourth-order valence-corrected chi connectivity index (χ4v) is 13.1. The maximum atomic E-state index is 15.6. The number of halogens is 1. The second kappa shape index (κ2) is 20.8. The number of carbonyl (C=O) groups is 1. The number of nitrogens with one attached hydrogen (secondary N) is 4. The first-order chi connectivity index (χ1) is 36.7. The highest BCUT2D eigenvalue weighted by Gasteiger charge is 2.50. The van der Waals surface area contributed by atoms with Gasteiger partial charge in [-0.3, -0.25) is 24.7 Å². The number of sulfonamides is 1. The van der Waals surface area contributed by atoms with Crippen LogP contribution in [0.3, 0.4) is 0 Å². The number of alkyl halides is 1. The van der Waals surface area contributed by atoms with Gasteiger partial charge in [-0.25, -0.2) is 27.5 Å². The number of rotatable bonds is 16. The van der Waals surface area contributed by atoms with Crippen molar-refractivity contribution in [2.75, 3.05) is 69.8 Å². The van der Waals surface area contributed by atoms with Gasteiger partial charge in [0.2, 0.25) is 0 Å². The first-order valence-electron chi connectivity index (χ1n) is 26.1. The SMILES string of the molecule is COc1ccc(CN2CCN(C3CC4(CCN(c5ccc(C(=O)NS(=O)(=O)c6cc([N+](=O)[O-])c(NCC7(F)CCOCC7)c7[nH]cnc67)c(Oc6cnc7[nH]ccc7c6)c5)CC4)C3)[C@H](c3ccccc3C(C)C)C2)cc1. The molecule has 4 N–H and O–H groups in total. The quantitative estimate of drug-likeness (QED) is 0.0524. The van der Waals surface area contributed by atoms with Gasteiger partial charge in [-0.05, 0) is 90.1 Å². The molecular formula is C56H63FN10O8S. The number of fused-ring (bicyclic) bond motifs is 2. The van der Waals surface area contributed by atoms with Gasteiger partial charge in [0, 0.05) is 113 Å².